The number of hydrogen-bond acceptors (Lipinski definition) is 2. The third kappa shape index (κ3) is 4.93. The van der Waals surface area contributed by atoms with Crippen LogP contribution in [0, 0.1) is 0 Å². The van der Waals surface area contributed by atoms with Gasteiger partial charge in [-0.1, -0.05) is 12.8 Å². The van der Waals surface area contributed by atoms with Gasteiger partial charge in [0.1, 0.15) is 0 Å². The Kier molecular flexibility index (Phi) is 5.72. The van der Waals surface area contributed by atoms with Crippen molar-refractivity contribution < 1.29 is 0 Å². The normalized spacial score (nSPS) is 16.8. The quantitative estimate of drug-likeness (QED) is 0.467. The van der Waals surface area contributed by atoms with Gasteiger partial charge in [0.2, 0.25) is 0 Å². The second-order valence-corrected chi connectivity index (χ2v) is 5.01. The van der Waals surface area contributed by atoms with Crippen molar-refractivity contribution in [3.05, 3.63) is 18.5 Å². The molecule has 1 saturated carbocycles. The number of guanidine groups is 1. The molecule has 0 spiro atoms. The Hall–Kier alpha value is -1.52. The Morgan fingerprint density at radius 1 is 1.42 bits per heavy atom. The Balaban J connectivity index is 1.72. The number of aliphatic imine (C=N–C) groups is 1. The zero-order valence-corrected chi connectivity index (χ0v) is 11.8. The lowest BCUT2D eigenvalue weighted by atomic mass is 10.2. The van der Waals surface area contributed by atoms with E-state index in [0.29, 0.717) is 6.04 Å². The molecule has 1 aromatic heterocycles. The maximum Gasteiger partial charge on any atom is 0.191 e. The maximum absolute atomic E-state index is 4.63. The molecule has 0 radical (unpaired) electrons. The minimum absolute atomic E-state index is 0.615. The van der Waals surface area contributed by atoms with E-state index in [1.165, 1.54) is 25.7 Å². The molecule has 1 heterocycles. The first-order valence-electron chi connectivity index (χ1n) is 7.40. The summed E-state index contributed by atoms with van der Waals surface area (Å²) in [7, 11) is 0. The summed E-state index contributed by atoms with van der Waals surface area (Å²) in [5, 5.41) is 11.0. The second kappa shape index (κ2) is 7.81. The van der Waals surface area contributed by atoms with Gasteiger partial charge in [-0.05, 0) is 32.3 Å². The van der Waals surface area contributed by atoms with Gasteiger partial charge in [0, 0.05) is 38.1 Å². The molecule has 2 rings (SSSR count). The van der Waals surface area contributed by atoms with Crippen molar-refractivity contribution in [3.63, 3.8) is 0 Å². The fraction of sp³-hybridized carbons (Fsp3) is 0.714. The minimum atomic E-state index is 0.615. The Morgan fingerprint density at radius 2 is 2.26 bits per heavy atom. The van der Waals surface area contributed by atoms with Crippen molar-refractivity contribution in [1.82, 2.24) is 20.4 Å². The molecule has 0 amide bonds. The van der Waals surface area contributed by atoms with Gasteiger partial charge in [0.25, 0.3) is 0 Å². The van der Waals surface area contributed by atoms with Gasteiger partial charge in [0.15, 0.2) is 5.96 Å². The summed E-state index contributed by atoms with van der Waals surface area (Å²) in [6.45, 7) is 4.79. The summed E-state index contributed by atoms with van der Waals surface area (Å²) < 4.78 is 1.95. The minimum Gasteiger partial charge on any atom is -0.357 e. The molecule has 1 aliphatic rings. The van der Waals surface area contributed by atoms with Gasteiger partial charge in [-0.15, -0.1) is 0 Å². The largest absolute Gasteiger partial charge is 0.357 e. The van der Waals surface area contributed by atoms with Crippen molar-refractivity contribution >= 4 is 5.96 Å². The summed E-state index contributed by atoms with van der Waals surface area (Å²) in [4.78, 5) is 4.63. The molecule has 19 heavy (non-hydrogen) atoms. The molecule has 1 fully saturated rings. The summed E-state index contributed by atoms with van der Waals surface area (Å²) in [6, 6.07) is 2.57. The molecule has 0 aromatic carbocycles. The van der Waals surface area contributed by atoms with Gasteiger partial charge in [0.05, 0.1) is 0 Å². The average molecular weight is 263 g/mol. The first-order valence-corrected chi connectivity index (χ1v) is 7.40. The fourth-order valence-electron chi connectivity index (χ4n) is 2.44. The number of nitrogens with one attached hydrogen (secondary N) is 2. The number of hydrogen-bond donors (Lipinski definition) is 2. The predicted octanol–water partition coefficient (Wildman–Crippen LogP) is 1.77. The molecular weight excluding hydrogens is 238 g/mol. The van der Waals surface area contributed by atoms with E-state index in [9.17, 15) is 0 Å². The number of aromatic nitrogens is 2. The molecule has 2 N–H and O–H groups in total. The topological polar surface area (TPSA) is 54.2 Å². The summed E-state index contributed by atoms with van der Waals surface area (Å²) in [5.41, 5.74) is 0. The van der Waals surface area contributed by atoms with Gasteiger partial charge >= 0.3 is 0 Å². The molecule has 1 aliphatic carbocycles. The fourth-order valence-corrected chi connectivity index (χ4v) is 2.44. The SMILES string of the molecule is CCNC(=NCCCn1cccn1)NC1CCCC1. The smallest absolute Gasteiger partial charge is 0.191 e. The molecule has 1 aromatic rings. The molecule has 0 bridgehead atoms. The van der Waals surface area contributed by atoms with Crippen LogP contribution in [0.4, 0.5) is 0 Å². The molecule has 0 atom stereocenters. The Labute approximate surface area is 115 Å². The van der Waals surface area contributed by atoms with Crippen LogP contribution < -0.4 is 10.6 Å². The van der Waals surface area contributed by atoms with Crippen LogP contribution >= 0.6 is 0 Å². The molecule has 0 unspecified atom stereocenters. The lowest BCUT2D eigenvalue weighted by Crippen LogP contribution is -2.42. The Morgan fingerprint density at radius 3 is 2.95 bits per heavy atom. The number of rotatable bonds is 6. The van der Waals surface area contributed by atoms with Crippen molar-refractivity contribution in [1.29, 1.82) is 0 Å². The number of nitrogens with zero attached hydrogens (tertiary/aromatic N) is 3. The molecule has 106 valence electrons. The highest BCUT2D eigenvalue weighted by Gasteiger charge is 2.15. The first-order chi connectivity index (χ1) is 9.38. The van der Waals surface area contributed by atoms with Gasteiger partial charge in [-0.25, -0.2) is 0 Å². The maximum atomic E-state index is 4.63. The van der Waals surface area contributed by atoms with E-state index in [4.69, 9.17) is 0 Å². The lowest BCUT2D eigenvalue weighted by molar-refractivity contribution is 0.579. The summed E-state index contributed by atoms with van der Waals surface area (Å²) in [5.74, 6) is 0.967. The molecule has 5 nitrogen and oxygen atoms in total. The van der Waals surface area contributed by atoms with Gasteiger partial charge < -0.3 is 10.6 Å². The standard InChI is InChI=1S/C14H25N5/c1-2-15-14(18-13-7-3-4-8-13)16-9-5-11-19-12-6-10-17-19/h6,10,12-13H,2-5,7-9,11H2,1H3,(H2,15,16,18). The van der Waals surface area contributed by atoms with Crippen molar-refractivity contribution in [3.8, 4) is 0 Å². The van der Waals surface area contributed by atoms with Gasteiger partial charge in [-0.3, -0.25) is 9.67 Å². The Bertz CT molecular complexity index is 365. The third-order valence-corrected chi connectivity index (χ3v) is 3.41. The molecule has 0 aliphatic heterocycles. The molecule has 0 saturated heterocycles. The summed E-state index contributed by atoms with van der Waals surface area (Å²) in [6.07, 6.45) is 10.1. The lowest BCUT2D eigenvalue weighted by Gasteiger charge is -2.16. The number of aryl methyl sites for hydroxylation is 1. The van der Waals surface area contributed by atoms with Crippen LogP contribution in [0.15, 0.2) is 23.5 Å². The first kappa shape index (κ1) is 13.9. The predicted molar refractivity (Wildman–Crippen MR) is 78.2 cm³/mol. The molecular formula is C14H25N5. The third-order valence-electron chi connectivity index (χ3n) is 3.41. The van der Waals surface area contributed by atoms with Crippen LogP contribution in [0.25, 0.3) is 0 Å². The van der Waals surface area contributed by atoms with Crippen LogP contribution in [-0.4, -0.2) is 34.9 Å². The van der Waals surface area contributed by atoms with Crippen molar-refractivity contribution in [2.75, 3.05) is 13.1 Å². The average Bonchev–Trinajstić information content (AvgIpc) is 3.08. The van der Waals surface area contributed by atoms with E-state index >= 15 is 0 Å². The van der Waals surface area contributed by atoms with Crippen LogP contribution in [0.5, 0.6) is 0 Å². The van der Waals surface area contributed by atoms with E-state index in [-0.39, 0.29) is 0 Å². The van der Waals surface area contributed by atoms with E-state index < -0.39 is 0 Å². The van der Waals surface area contributed by atoms with Crippen LogP contribution in [0.2, 0.25) is 0 Å². The molecule has 5 heteroatoms. The highest BCUT2D eigenvalue weighted by atomic mass is 15.3. The zero-order chi connectivity index (χ0) is 13.3. The monoisotopic (exact) mass is 263 g/mol. The van der Waals surface area contributed by atoms with Crippen LogP contribution in [0.3, 0.4) is 0 Å². The zero-order valence-electron chi connectivity index (χ0n) is 11.8. The van der Waals surface area contributed by atoms with E-state index in [1.54, 1.807) is 0 Å². The van der Waals surface area contributed by atoms with Crippen molar-refractivity contribution in [2.24, 2.45) is 4.99 Å². The van der Waals surface area contributed by atoms with E-state index in [1.807, 2.05) is 23.1 Å². The van der Waals surface area contributed by atoms with E-state index in [0.717, 1.165) is 32.0 Å². The highest BCUT2D eigenvalue weighted by molar-refractivity contribution is 5.80. The van der Waals surface area contributed by atoms with Crippen LogP contribution in [-0.2, 0) is 6.54 Å². The summed E-state index contributed by atoms with van der Waals surface area (Å²) >= 11 is 0. The van der Waals surface area contributed by atoms with Crippen LogP contribution in [0.1, 0.15) is 39.0 Å². The second-order valence-electron chi connectivity index (χ2n) is 5.01. The van der Waals surface area contributed by atoms with E-state index in [2.05, 4.69) is 27.6 Å². The van der Waals surface area contributed by atoms with Crippen molar-refractivity contribution in [2.45, 2.75) is 51.6 Å². The van der Waals surface area contributed by atoms with Gasteiger partial charge in [-0.2, -0.15) is 5.10 Å². The highest BCUT2D eigenvalue weighted by Crippen LogP contribution is 2.17.